The first-order chi connectivity index (χ1) is 11.2. The lowest BCUT2D eigenvalue weighted by molar-refractivity contribution is 0.0953. The minimum Gasteiger partial charge on any atom is -0.352 e. The van der Waals surface area contributed by atoms with E-state index in [-0.39, 0.29) is 5.91 Å². The molecule has 0 aromatic heterocycles. The molecule has 0 aliphatic heterocycles. The molecule has 0 bridgehead atoms. The van der Waals surface area contributed by atoms with E-state index >= 15 is 0 Å². The van der Waals surface area contributed by atoms with Crippen molar-refractivity contribution in [2.45, 2.75) is 45.4 Å². The molecule has 2 aromatic rings. The minimum atomic E-state index is 0.0580. The highest BCUT2D eigenvalue weighted by molar-refractivity contribution is 5.94. The lowest BCUT2D eigenvalue weighted by atomic mass is 9.90. The smallest absolute Gasteiger partial charge is 0.251 e. The number of carbonyl (C=O) groups is 1. The Kier molecular flexibility index (Phi) is 5.12. The standard InChI is InChI=1S/C21H25NO/c1-16-6-4-7-17(14-16)8-5-13-22-21(23)20-12-11-18-9-2-3-10-19(18)15-20/h4,6-7,11-12,14-15H,2-3,5,8-10,13H2,1H3,(H,22,23). The minimum absolute atomic E-state index is 0.0580. The van der Waals surface area contributed by atoms with Gasteiger partial charge in [-0.05, 0) is 74.3 Å². The van der Waals surface area contributed by atoms with Crippen molar-refractivity contribution >= 4 is 5.91 Å². The van der Waals surface area contributed by atoms with Crippen LogP contribution in [-0.2, 0) is 19.3 Å². The third-order valence-corrected chi connectivity index (χ3v) is 4.62. The molecule has 120 valence electrons. The van der Waals surface area contributed by atoms with Gasteiger partial charge in [-0.15, -0.1) is 0 Å². The van der Waals surface area contributed by atoms with E-state index in [1.54, 1.807) is 0 Å². The molecule has 0 fully saturated rings. The Morgan fingerprint density at radius 2 is 1.87 bits per heavy atom. The van der Waals surface area contributed by atoms with Crippen LogP contribution in [0.25, 0.3) is 0 Å². The van der Waals surface area contributed by atoms with E-state index in [1.165, 1.54) is 35.1 Å². The van der Waals surface area contributed by atoms with Crippen LogP contribution in [0.1, 0.15) is 51.9 Å². The van der Waals surface area contributed by atoms with Crippen LogP contribution in [-0.4, -0.2) is 12.5 Å². The lowest BCUT2D eigenvalue weighted by Crippen LogP contribution is -2.25. The highest BCUT2D eigenvalue weighted by Gasteiger charge is 2.12. The summed E-state index contributed by atoms with van der Waals surface area (Å²) in [5, 5.41) is 3.05. The fourth-order valence-corrected chi connectivity index (χ4v) is 3.34. The first-order valence-electron chi connectivity index (χ1n) is 8.68. The number of carbonyl (C=O) groups excluding carboxylic acids is 1. The van der Waals surface area contributed by atoms with Gasteiger partial charge in [0.2, 0.25) is 0 Å². The summed E-state index contributed by atoms with van der Waals surface area (Å²) in [5.41, 5.74) is 6.23. The van der Waals surface area contributed by atoms with Crippen molar-refractivity contribution in [3.8, 4) is 0 Å². The van der Waals surface area contributed by atoms with Crippen molar-refractivity contribution in [1.29, 1.82) is 0 Å². The van der Waals surface area contributed by atoms with Gasteiger partial charge in [0.05, 0.1) is 0 Å². The van der Waals surface area contributed by atoms with Gasteiger partial charge in [0.25, 0.3) is 5.91 Å². The first kappa shape index (κ1) is 15.8. The highest BCUT2D eigenvalue weighted by Crippen LogP contribution is 2.22. The van der Waals surface area contributed by atoms with Crippen molar-refractivity contribution in [2.75, 3.05) is 6.54 Å². The van der Waals surface area contributed by atoms with Crippen LogP contribution < -0.4 is 5.32 Å². The molecule has 0 heterocycles. The lowest BCUT2D eigenvalue weighted by Gasteiger charge is -2.16. The van der Waals surface area contributed by atoms with E-state index < -0.39 is 0 Å². The monoisotopic (exact) mass is 307 g/mol. The Hall–Kier alpha value is -2.09. The zero-order chi connectivity index (χ0) is 16.1. The van der Waals surface area contributed by atoms with E-state index in [4.69, 9.17) is 0 Å². The van der Waals surface area contributed by atoms with Gasteiger partial charge in [-0.1, -0.05) is 35.9 Å². The normalized spacial score (nSPS) is 13.4. The van der Waals surface area contributed by atoms with Crippen LogP contribution in [0, 0.1) is 6.92 Å². The molecule has 1 amide bonds. The van der Waals surface area contributed by atoms with E-state index in [0.717, 1.165) is 37.8 Å². The SMILES string of the molecule is Cc1cccc(CCCNC(=O)c2ccc3c(c2)CCCC3)c1. The number of benzene rings is 2. The maximum atomic E-state index is 12.3. The molecule has 2 aromatic carbocycles. The van der Waals surface area contributed by atoms with Crippen LogP contribution >= 0.6 is 0 Å². The number of rotatable bonds is 5. The average Bonchev–Trinajstić information content (AvgIpc) is 2.58. The molecular weight excluding hydrogens is 282 g/mol. The maximum absolute atomic E-state index is 12.3. The largest absolute Gasteiger partial charge is 0.352 e. The fraction of sp³-hybridized carbons (Fsp3) is 0.381. The van der Waals surface area contributed by atoms with E-state index in [0.29, 0.717) is 0 Å². The number of hydrogen-bond donors (Lipinski definition) is 1. The summed E-state index contributed by atoms with van der Waals surface area (Å²) in [6, 6.07) is 14.8. The summed E-state index contributed by atoms with van der Waals surface area (Å²) in [4.78, 5) is 12.3. The van der Waals surface area contributed by atoms with E-state index in [2.05, 4.69) is 48.6 Å². The summed E-state index contributed by atoms with van der Waals surface area (Å²) in [6.45, 7) is 2.84. The molecule has 2 nitrogen and oxygen atoms in total. The summed E-state index contributed by atoms with van der Waals surface area (Å²) >= 11 is 0. The van der Waals surface area contributed by atoms with Gasteiger partial charge in [0.1, 0.15) is 0 Å². The number of amides is 1. The van der Waals surface area contributed by atoms with Gasteiger partial charge in [0.15, 0.2) is 0 Å². The average molecular weight is 307 g/mol. The Balaban J connectivity index is 1.49. The summed E-state index contributed by atoms with van der Waals surface area (Å²) in [5.74, 6) is 0.0580. The van der Waals surface area contributed by atoms with Crippen LogP contribution in [0.5, 0.6) is 0 Å². The molecule has 0 atom stereocenters. The third kappa shape index (κ3) is 4.22. The van der Waals surface area contributed by atoms with Crippen LogP contribution in [0.3, 0.4) is 0 Å². The van der Waals surface area contributed by atoms with Crippen molar-refractivity contribution in [2.24, 2.45) is 0 Å². The molecular formula is C21H25NO. The van der Waals surface area contributed by atoms with Gasteiger partial charge < -0.3 is 5.32 Å². The molecule has 1 aliphatic rings. The summed E-state index contributed by atoms with van der Waals surface area (Å²) < 4.78 is 0. The molecule has 3 rings (SSSR count). The molecule has 2 heteroatoms. The second-order valence-electron chi connectivity index (χ2n) is 6.54. The Bertz CT molecular complexity index is 690. The Labute approximate surface area is 138 Å². The predicted octanol–water partition coefficient (Wildman–Crippen LogP) is 4.24. The quantitative estimate of drug-likeness (QED) is 0.823. The van der Waals surface area contributed by atoms with Crippen LogP contribution in [0.2, 0.25) is 0 Å². The molecule has 1 aliphatic carbocycles. The van der Waals surface area contributed by atoms with Gasteiger partial charge >= 0.3 is 0 Å². The second kappa shape index (κ2) is 7.45. The molecule has 0 radical (unpaired) electrons. The van der Waals surface area contributed by atoms with Crippen molar-refractivity contribution in [3.05, 3.63) is 70.3 Å². The first-order valence-corrected chi connectivity index (χ1v) is 8.68. The second-order valence-corrected chi connectivity index (χ2v) is 6.54. The number of nitrogens with one attached hydrogen (secondary N) is 1. The van der Waals surface area contributed by atoms with Crippen LogP contribution in [0.4, 0.5) is 0 Å². The summed E-state index contributed by atoms with van der Waals surface area (Å²) in [6.07, 6.45) is 6.77. The predicted molar refractivity (Wildman–Crippen MR) is 94.9 cm³/mol. The molecule has 1 N–H and O–H groups in total. The number of aryl methyl sites for hydroxylation is 4. The maximum Gasteiger partial charge on any atom is 0.251 e. The van der Waals surface area contributed by atoms with Gasteiger partial charge in [-0.3, -0.25) is 4.79 Å². The Morgan fingerprint density at radius 3 is 2.70 bits per heavy atom. The molecule has 23 heavy (non-hydrogen) atoms. The van der Waals surface area contributed by atoms with Gasteiger partial charge in [0, 0.05) is 12.1 Å². The van der Waals surface area contributed by atoms with Gasteiger partial charge in [-0.2, -0.15) is 0 Å². The molecule has 0 spiro atoms. The zero-order valence-corrected chi connectivity index (χ0v) is 13.9. The van der Waals surface area contributed by atoms with E-state index in [9.17, 15) is 4.79 Å². The zero-order valence-electron chi connectivity index (χ0n) is 13.9. The van der Waals surface area contributed by atoms with Crippen molar-refractivity contribution < 1.29 is 4.79 Å². The molecule has 0 unspecified atom stereocenters. The molecule has 0 saturated carbocycles. The fourth-order valence-electron chi connectivity index (χ4n) is 3.34. The topological polar surface area (TPSA) is 29.1 Å². The number of fused-ring (bicyclic) bond motifs is 1. The third-order valence-electron chi connectivity index (χ3n) is 4.62. The van der Waals surface area contributed by atoms with Gasteiger partial charge in [-0.25, -0.2) is 0 Å². The molecule has 0 saturated heterocycles. The van der Waals surface area contributed by atoms with Crippen molar-refractivity contribution in [3.63, 3.8) is 0 Å². The highest BCUT2D eigenvalue weighted by atomic mass is 16.1. The summed E-state index contributed by atoms with van der Waals surface area (Å²) in [7, 11) is 0. The number of hydrogen-bond acceptors (Lipinski definition) is 1. The van der Waals surface area contributed by atoms with E-state index in [1.807, 2.05) is 6.07 Å². The van der Waals surface area contributed by atoms with Crippen molar-refractivity contribution in [1.82, 2.24) is 5.32 Å². The Morgan fingerprint density at radius 1 is 1.04 bits per heavy atom. The van der Waals surface area contributed by atoms with Crippen LogP contribution in [0.15, 0.2) is 42.5 Å².